The highest BCUT2D eigenvalue weighted by Gasteiger charge is 2.01. The van der Waals surface area contributed by atoms with Crippen molar-refractivity contribution in [2.24, 2.45) is 4.36 Å². The molecule has 0 saturated heterocycles. The lowest BCUT2D eigenvalue weighted by Gasteiger charge is -1.98. The van der Waals surface area contributed by atoms with Crippen LogP contribution >= 0.6 is 0 Å². The first-order valence-electron chi connectivity index (χ1n) is 4.30. The van der Waals surface area contributed by atoms with Crippen molar-refractivity contribution in [1.82, 2.24) is 15.0 Å². The third-order valence-electron chi connectivity index (χ3n) is 1.75. The average molecular weight is 234 g/mol. The lowest BCUT2D eigenvalue weighted by molar-refractivity contribution is 0.622. The summed E-state index contributed by atoms with van der Waals surface area (Å²) < 4.78 is 24.0. The SMILES string of the molecule is O=S(=O)=Nc1cc(-c2ccccn2)ncn1. The van der Waals surface area contributed by atoms with Crippen molar-refractivity contribution in [2.45, 2.75) is 0 Å². The summed E-state index contributed by atoms with van der Waals surface area (Å²) in [6, 6.07) is 6.81. The average Bonchev–Trinajstić information content (AvgIpc) is 2.30. The molecule has 0 unspecified atom stereocenters. The fourth-order valence-corrected chi connectivity index (χ4v) is 1.38. The Balaban J connectivity index is 2.48. The lowest BCUT2D eigenvalue weighted by Crippen LogP contribution is -1.87. The van der Waals surface area contributed by atoms with Gasteiger partial charge in [0.1, 0.15) is 6.33 Å². The molecule has 0 spiro atoms. The number of hydrogen-bond acceptors (Lipinski definition) is 6. The zero-order chi connectivity index (χ0) is 11.4. The number of hydrogen-bond donors (Lipinski definition) is 0. The molecule has 16 heavy (non-hydrogen) atoms. The summed E-state index contributed by atoms with van der Waals surface area (Å²) in [5.74, 6) is 0.0870. The molecule has 2 heterocycles. The van der Waals surface area contributed by atoms with E-state index in [2.05, 4.69) is 19.3 Å². The summed E-state index contributed by atoms with van der Waals surface area (Å²) in [5.41, 5.74) is 1.16. The molecule has 0 aromatic carbocycles. The first-order valence-corrected chi connectivity index (χ1v) is 5.33. The summed E-state index contributed by atoms with van der Waals surface area (Å²) in [6.07, 6.45) is 2.87. The minimum atomic E-state index is -2.52. The van der Waals surface area contributed by atoms with Crippen molar-refractivity contribution in [2.75, 3.05) is 0 Å². The van der Waals surface area contributed by atoms with Gasteiger partial charge in [0.25, 0.3) is 0 Å². The molecular weight excluding hydrogens is 228 g/mol. The highest BCUT2D eigenvalue weighted by atomic mass is 32.2. The molecule has 80 valence electrons. The van der Waals surface area contributed by atoms with Crippen LogP contribution in [0.2, 0.25) is 0 Å². The van der Waals surface area contributed by atoms with Gasteiger partial charge in [0.05, 0.1) is 11.4 Å². The van der Waals surface area contributed by atoms with Crippen molar-refractivity contribution in [3.05, 3.63) is 36.8 Å². The summed E-state index contributed by atoms with van der Waals surface area (Å²) >= 11 is 0. The molecule has 0 saturated carbocycles. The molecule has 0 bridgehead atoms. The van der Waals surface area contributed by atoms with E-state index < -0.39 is 10.5 Å². The Kier molecular flexibility index (Phi) is 2.97. The fourth-order valence-electron chi connectivity index (χ4n) is 1.13. The molecule has 6 nitrogen and oxygen atoms in total. The molecule has 7 heteroatoms. The van der Waals surface area contributed by atoms with Crippen molar-refractivity contribution in [3.63, 3.8) is 0 Å². The highest BCUT2D eigenvalue weighted by Crippen LogP contribution is 2.16. The van der Waals surface area contributed by atoms with Gasteiger partial charge >= 0.3 is 10.5 Å². The first-order chi connectivity index (χ1) is 7.75. The van der Waals surface area contributed by atoms with Gasteiger partial charge in [-0.15, -0.1) is 4.36 Å². The smallest absolute Gasteiger partial charge is 0.255 e. The normalized spacial score (nSPS) is 9.75. The van der Waals surface area contributed by atoms with Crippen LogP contribution in [0, 0.1) is 0 Å². The molecule has 0 amide bonds. The molecular formula is C9H6N4O2S. The van der Waals surface area contributed by atoms with Crippen LogP contribution in [0.1, 0.15) is 0 Å². The highest BCUT2D eigenvalue weighted by molar-refractivity contribution is 7.61. The van der Waals surface area contributed by atoms with E-state index in [4.69, 9.17) is 0 Å². The third-order valence-corrected chi connectivity index (χ3v) is 2.08. The fraction of sp³-hybridized carbons (Fsp3) is 0. The van der Waals surface area contributed by atoms with Crippen LogP contribution in [0.25, 0.3) is 11.4 Å². The zero-order valence-corrected chi connectivity index (χ0v) is 8.79. The van der Waals surface area contributed by atoms with Crippen LogP contribution in [0.4, 0.5) is 5.82 Å². The van der Waals surface area contributed by atoms with Crippen LogP contribution in [0.15, 0.2) is 41.2 Å². The number of pyridine rings is 1. The van der Waals surface area contributed by atoms with Gasteiger partial charge in [-0.3, -0.25) is 4.98 Å². The molecule has 2 rings (SSSR count). The minimum Gasteiger partial charge on any atom is -0.255 e. The van der Waals surface area contributed by atoms with Gasteiger partial charge in [0.2, 0.25) is 0 Å². The largest absolute Gasteiger partial charge is 0.317 e. The lowest BCUT2D eigenvalue weighted by atomic mass is 10.2. The quantitative estimate of drug-likeness (QED) is 0.780. The predicted molar refractivity (Wildman–Crippen MR) is 56.3 cm³/mol. The van der Waals surface area contributed by atoms with Gasteiger partial charge in [-0.05, 0) is 12.1 Å². The van der Waals surface area contributed by atoms with Gasteiger partial charge < -0.3 is 0 Å². The molecule has 0 aliphatic rings. The van der Waals surface area contributed by atoms with Gasteiger partial charge in [-0.25, -0.2) is 9.97 Å². The van der Waals surface area contributed by atoms with E-state index in [1.165, 1.54) is 12.4 Å². The van der Waals surface area contributed by atoms with E-state index in [0.29, 0.717) is 11.4 Å². The van der Waals surface area contributed by atoms with Gasteiger partial charge in [-0.2, -0.15) is 8.42 Å². The maximum atomic E-state index is 10.4. The zero-order valence-electron chi connectivity index (χ0n) is 7.98. The molecule has 0 aliphatic carbocycles. The predicted octanol–water partition coefficient (Wildman–Crippen LogP) is 1.23. The Morgan fingerprint density at radius 3 is 2.62 bits per heavy atom. The van der Waals surface area contributed by atoms with Crippen molar-refractivity contribution in [1.29, 1.82) is 0 Å². The second-order valence-corrected chi connectivity index (χ2v) is 3.40. The first kappa shape index (κ1) is 10.4. The Morgan fingerprint density at radius 1 is 1.06 bits per heavy atom. The Labute approximate surface area is 92.7 Å². The third kappa shape index (κ3) is 2.45. The Hall–Kier alpha value is -2.15. The van der Waals surface area contributed by atoms with E-state index in [-0.39, 0.29) is 5.82 Å². The number of nitrogens with zero attached hydrogens (tertiary/aromatic N) is 4. The summed E-state index contributed by atoms with van der Waals surface area (Å²) in [5, 5.41) is 0. The van der Waals surface area contributed by atoms with Crippen molar-refractivity contribution >= 4 is 16.3 Å². The molecule has 0 fully saturated rings. The maximum absolute atomic E-state index is 10.4. The summed E-state index contributed by atoms with van der Waals surface area (Å²) in [4.78, 5) is 11.8. The van der Waals surface area contributed by atoms with Gasteiger partial charge in [-0.1, -0.05) is 6.07 Å². The second-order valence-electron chi connectivity index (χ2n) is 2.78. The van der Waals surface area contributed by atoms with E-state index in [1.807, 2.05) is 6.07 Å². The topological polar surface area (TPSA) is 85.2 Å². The molecule has 0 aliphatic heterocycles. The van der Waals surface area contributed by atoms with Crippen LogP contribution in [-0.4, -0.2) is 23.4 Å². The molecule has 0 N–H and O–H groups in total. The van der Waals surface area contributed by atoms with Crippen LogP contribution in [0.3, 0.4) is 0 Å². The van der Waals surface area contributed by atoms with Crippen molar-refractivity contribution in [3.8, 4) is 11.4 Å². The van der Waals surface area contributed by atoms with E-state index >= 15 is 0 Å². The minimum absolute atomic E-state index is 0.0870. The second kappa shape index (κ2) is 4.58. The van der Waals surface area contributed by atoms with Crippen LogP contribution in [0.5, 0.6) is 0 Å². The van der Waals surface area contributed by atoms with Crippen LogP contribution in [-0.2, 0) is 10.5 Å². The molecule has 0 atom stereocenters. The molecule has 2 aromatic rings. The van der Waals surface area contributed by atoms with Gasteiger partial charge in [0.15, 0.2) is 5.82 Å². The van der Waals surface area contributed by atoms with Crippen LogP contribution < -0.4 is 0 Å². The maximum Gasteiger partial charge on any atom is 0.317 e. The van der Waals surface area contributed by atoms with Crippen molar-refractivity contribution < 1.29 is 8.42 Å². The molecule has 0 radical (unpaired) electrons. The summed E-state index contributed by atoms with van der Waals surface area (Å²) in [7, 11) is -2.52. The summed E-state index contributed by atoms with van der Waals surface area (Å²) in [6.45, 7) is 0. The Bertz CT molecular complexity index is 617. The molecule has 2 aromatic heterocycles. The number of rotatable bonds is 2. The Morgan fingerprint density at radius 2 is 1.94 bits per heavy atom. The standard InChI is InChI=1S/C9H6N4O2S/c14-16(15)13-9-5-8(11-6-12-9)7-3-1-2-4-10-7/h1-6H. The van der Waals surface area contributed by atoms with E-state index in [9.17, 15) is 8.42 Å². The number of aromatic nitrogens is 3. The van der Waals surface area contributed by atoms with E-state index in [0.717, 1.165) is 0 Å². The van der Waals surface area contributed by atoms with Gasteiger partial charge in [0, 0.05) is 12.3 Å². The monoisotopic (exact) mass is 234 g/mol. The van der Waals surface area contributed by atoms with E-state index in [1.54, 1.807) is 18.3 Å².